The lowest BCUT2D eigenvalue weighted by molar-refractivity contribution is -0.142. The van der Waals surface area contributed by atoms with E-state index in [4.69, 9.17) is 5.11 Å². The largest absolute Gasteiger partial charge is 0.481 e. The van der Waals surface area contributed by atoms with Crippen LogP contribution >= 0.6 is 15.9 Å². The summed E-state index contributed by atoms with van der Waals surface area (Å²) < 4.78 is 0.970. The van der Waals surface area contributed by atoms with Crippen LogP contribution in [0.3, 0.4) is 0 Å². The van der Waals surface area contributed by atoms with E-state index < -0.39 is 5.97 Å². The zero-order valence-electron chi connectivity index (χ0n) is 10.8. The lowest BCUT2D eigenvalue weighted by atomic mass is 9.91. The van der Waals surface area contributed by atoms with Crippen molar-refractivity contribution in [2.45, 2.75) is 32.4 Å². The lowest BCUT2D eigenvalue weighted by Gasteiger charge is -2.23. The van der Waals surface area contributed by atoms with E-state index in [0.29, 0.717) is 19.4 Å². The maximum absolute atomic E-state index is 11.0. The average Bonchev–Trinajstić information content (AvgIpc) is 2.38. The van der Waals surface area contributed by atoms with Gasteiger partial charge in [0.15, 0.2) is 0 Å². The normalized spacial score (nSPS) is 22.4. The second-order valence-corrected chi connectivity index (χ2v) is 5.75. The van der Waals surface area contributed by atoms with Gasteiger partial charge in [-0.2, -0.15) is 0 Å². The highest BCUT2D eigenvalue weighted by Crippen LogP contribution is 2.19. The summed E-state index contributed by atoms with van der Waals surface area (Å²) >= 11 is 3.39. The third-order valence-electron chi connectivity index (χ3n) is 3.36. The van der Waals surface area contributed by atoms with Gasteiger partial charge in [-0.3, -0.25) is 9.78 Å². The highest BCUT2D eigenvalue weighted by molar-refractivity contribution is 9.10. The van der Waals surface area contributed by atoms with Crippen LogP contribution in [0, 0.1) is 12.8 Å². The molecule has 0 aromatic carbocycles. The number of halogens is 1. The molecular formula is C14H17BrN2O2. The number of hydrogen-bond acceptors (Lipinski definition) is 3. The van der Waals surface area contributed by atoms with Crippen molar-refractivity contribution in [2.75, 3.05) is 0 Å². The first kappa shape index (κ1) is 14.2. The molecule has 0 fully saturated rings. The highest BCUT2D eigenvalue weighted by Gasteiger charge is 2.23. The summed E-state index contributed by atoms with van der Waals surface area (Å²) in [6.45, 7) is 2.67. The first-order chi connectivity index (χ1) is 9.06. The number of carboxylic acid groups (broad SMARTS) is 1. The molecule has 5 heteroatoms. The summed E-state index contributed by atoms with van der Waals surface area (Å²) in [6, 6.07) is 2.14. The van der Waals surface area contributed by atoms with Crippen molar-refractivity contribution in [3.05, 3.63) is 40.1 Å². The van der Waals surface area contributed by atoms with E-state index in [2.05, 4.69) is 26.2 Å². The zero-order chi connectivity index (χ0) is 13.8. The van der Waals surface area contributed by atoms with Gasteiger partial charge < -0.3 is 10.4 Å². The number of allylic oxidation sites excluding steroid dienone is 1. The molecule has 0 bridgehead atoms. The van der Waals surface area contributed by atoms with Crippen LogP contribution in [0.4, 0.5) is 0 Å². The number of aromatic nitrogens is 1. The highest BCUT2D eigenvalue weighted by atomic mass is 79.9. The number of nitrogens with one attached hydrogen (secondary N) is 1. The first-order valence-corrected chi connectivity index (χ1v) is 7.09. The summed E-state index contributed by atoms with van der Waals surface area (Å²) in [6.07, 6.45) is 7.04. The molecular weight excluding hydrogens is 308 g/mol. The number of nitrogens with zero attached hydrogens (tertiary/aromatic N) is 1. The van der Waals surface area contributed by atoms with E-state index in [9.17, 15) is 4.79 Å². The molecule has 2 atom stereocenters. The topological polar surface area (TPSA) is 62.2 Å². The fourth-order valence-electron chi connectivity index (χ4n) is 2.22. The van der Waals surface area contributed by atoms with Crippen molar-refractivity contribution >= 4 is 21.9 Å². The summed E-state index contributed by atoms with van der Waals surface area (Å²) in [7, 11) is 0. The van der Waals surface area contributed by atoms with Gasteiger partial charge in [0.25, 0.3) is 0 Å². The van der Waals surface area contributed by atoms with Gasteiger partial charge in [0, 0.05) is 23.3 Å². The first-order valence-electron chi connectivity index (χ1n) is 6.30. The average molecular weight is 325 g/mol. The zero-order valence-corrected chi connectivity index (χ0v) is 12.4. The molecule has 1 aromatic heterocycles. The van der Waals surface area contributed by atoms with Gasteiger partial charge in [-0.1, -0.05) is 12.2 Å². The number of carbonyl (C=O) groups is 1. The van der Waals surface area contributed by atoms with Crippen LogP contribution in [-0.4, -0.2) is 22.1 Å². The number of pyridine rings is 1. The van der Waals surface area contributed by atoms with E-state index in [1.165, 1.54) is 0 Å². The predicted octanol–water partition coefficient (Wildman–Crippen LogP) is 2.66. The Morgan fingerprint density at radius 1 is 1.63 bits per heavy atom. The third-order valence-corrected chi connectivity index (χ3v) is 3.80. The fraction of sp³-hybridized carbons (Fsp3) is 0.429. The van der Waals surface area contributed by atoms with Crippen molar-refractivity contribution in [1.82, 2.24) is 10.3 Å². The Bertz CT molecular complexity index is 502. The van der Waals surface area contributed by atoms with Crippen molar-refractivity contribution in [3.63, 3.8) is 0 Å². The molecule has 19 heavy (non-hydrogen) atoms. The number of aryl methyl sites for hydroxylation is 1. The quantitative estimate of drug-likeness (QED) is 0.836. The Hall–Kier alpha value is -1.20. The fourth-order valence-corrected chi connectivity index (χ4v) is 2.67. The SMILES string of the molecule is Cc1cc(Br)cnc1CN[C@H]1C=CC[C@H](C(=O)O)C1. The molecule has 1 heterocycles. The van der Waals surface area contributed by atoms with E-state index in [0.717, 1.165) is 15.7 Å². The Morgan fingerprint density at radius 3 is 3.11 bits per heavy atom. The number of carboxylic acids is 1. The lowest BCUT2D eigenvalue weighted by Crippen LogP contribution is -2.33. The third kappa shape index (κ3) is 3.88. The van der Waals surface area contributed by atoms with E-state index >= 15 is 0 Å². The molecule has 0 spiro atoms. The summed E-state index contributed by atoms with van der Waals surface area (Å²) in [5.41, 5.74) is 2.12. The smallest absolute Gasteiger partial charge is 0.306 e. The second-order valence-electron chi connectivity index (χ2n) is 4.84. The number of aliphatic carboxylic acids is 1. The summed E-state index contributed by atoms with van der Waals surface area (Å²) in [4.78, 5) is 15.4. The molecule has 0 amide bonds. The Balaban J connectivity index is 1.93. The molecule has 0 unspecified atom stereocenters. The Kier molecular flexibility index (Phi) is 4.71. The monoisotopic (exact) mass is 324 g/mol. The molecule has 0 saturated carbocycles. The Labute approximate surface area is 121 Å². The molecule has 1 aliphatic carbocycles. The molecule has 4 nitrogen and oxygen atoms in total. The molecule has 2 N–H and O–H groups in total. The van der Waals surface area contributed by atoms with Gasteiger partial charge in [0.1, 0.15) is 0 Å². The standard InChI is InChI=1S/C14H17BrN2O2/c1-9-5-11(15)7-17-13(9)8-16-12-4-2-3-10(6-12)14(18)19/h2,4-5,7,10,12,16H,3,6,8H2,1H3,(H,18,19)/t10-,12-/m0/s1. The van der Waals surface area contributed by atoms with Gasteiger partial charge in [0.2, 0.25) is 0 Å². The van der Waals surface area contributed by atoms with Gasteiger partial charge in [-0.15, -0.1) is 0 Å². The molecule has 0 saturated heterocycles. The van der Waals surface area contributed by atoms with Gasteiger partial charge in [-0.05, 0) is 47.3 Å². The minimum Gasteiger partial charge on any atom is -0.481 e. The molecule has 0 aliphatic heterocycles. The van der Waals surface area contributed by atoms with E-state index in [-0.39, 0.29) is 12.0 Å². The predicted molar refractivity (Wildman–Crippen MR) is 76.8 cm³/mol. The van der Waals surface area contributed by atoms with E-state index in [1.54, 1.807) is 6.20 Å². The molecule has 102 valence electrons. The van der Waals surface area contributed by atoms with Gasteiger partial charge in [-0.25, -0.2) is 0 Å². The van der Waals surface area contributed by atoms with Crippen molar-refractivity contribution in [1.29, 1.82) is 0 Å². The number of hydrogen-bond donors (Lipinski definition) is 2. The van der Waals surface area contributed by atoms with Crippen LogP contribution in [0.15, 0.2) is 28.9 Å². The maximum Gasteiger partial charge on any atom is 0.306 e. The Morgan fingerprint density at radius 2 is 2.42 bits per heavy atom. The number of rotatable bonds is 4. The molecule has 1 aliphatic rings. The second kappa shape index (κ2) is 6.30. The van der Waals surface area contributed by atoms with Crippen molar-refractivity contribution in [3.8, 4) is 0 Å². The molecule has 2 rings (SSSR count). The summed E-state index contributed by atoms with van der Waals surface area (Å²) in [5, 5.41) is 12.4. The maximum atomic E-state index is 11.0. The van der Waals surface area contributed by atoms with E-state index in [1.807, 2.05) is 25.1 Å². The minimum atomic E-state index is -0.714. The van der Waals surface area contributed by atoms with Crippen molar-refractivity contribution < 1.29 is 9.90 Å². The molecule has 1 aromatic rings. The van der Waals surface area contributed by atoms with Crippen LogP contribution in [-0.2, 0) is 11.3 Å². The van der Waals surface area contributed by atoms with Crippen LogP contribution in [0.2, 0.25) is 0 Å². The summed E-state index contributed by atoms with van der Waals surface area (Å²) in [5.74, 6) is -0.990. The minimum absolute atomic E-state index is 0.111. The van der Waals surface area contributed by atoms with Crippen LogP contribution in [0.1, 0.15) is 24.1 Å². The molecule has 0 radical (unpaired) electrons. The van der Waals surface area contributed by atoms with Gasteiger partial charge >= 0.3 is 5.97 Å². The van der Waals surface area contributed by atoms with Gasteiger partial charge in [0.05, 0.1) is 11.6 Å². The van der Waals surface area contributed by atoms with Crippen LogP contribution in [0.25, 0.3) is 0 Å². The van der Waals surface area contributed by atoms with Crippen LogP contribution in [0.5, 0.6) is 0 Å². The van der Waals surface area contributed by atoms with Crippen molar-refractivity contribution in [2.24, 2.45) is 5.92 Å². The van der Waals surface area contributed by atoms with Crippen LogP contribution < -0.4 is 5.32 Å².